The highest BCUT2D eigenvalue weighted by Crippen LogP contribution is 2.34. The van der Waals surface area contributed by atoms with Gasteiger partial charge in [0.2, 0.25) is 0 Å². The van der Waals surface area contributed by atoms with Crippen molar-refractivity contribution in [3.8, 4) is 0 Å². The Labute approximate surface area is 132 Å². The molecule has 3 heteroatoms. The third-order valence-electron chi connectivity index (χ3n) is 3.73. The van der Waals surface area contributed by atoms with Gasteiger partial charge in [0.1, 0.15) is 0 Å². The Kier molecular flexibility index (Phi) is 5.14. The Bertz CT molecular complexity index is 447. The lowest BCUT2D eigenvalue weighted by molar-refractivity contribution is 0.424. The molecule has 0 heterocycles. The number of nitrogens with one attached hydrogen (secondary N) is 1. The predicted octanol–water partition coefficient (Wildman–Crippen LogP) is 4.57. The molecular weight excluding hydrogens is 312 g/mol. The van der Waals surface area contributed by atoms with Crippen LogP contribution in [0.15, 0.2) is 22.7 Å². The molecule has 0 unspecified atom stereocenters. The summed E-state index contributed by atoms with van der Waals surface area (Å²) in [6.07, 6.45) is 2.81. The van der Waals surface area contributed by atoms with Crippen LogP contribution in [-0.2, 0) is 6.54 Å². The summed E-state index contributed by atoms with van der Waals surface area (Å²) in [5.74, 6) is 0.920. The van der Waals surface area contributed by atoms with Gasteiger partial charge < -0.3 is 10.2 Å². The molecule has 0 aromatic heterocycles. The van der Waals surface area contributed by atoms with E-state index in [9.17, 15) is 0 Å². The number of rotatable bonds is 6. The zero-order valence-electron chi connectivity index (χ0n) is 13.2. The van der Waals surface area contributed by atoms with Crippen LogP contribution in [0.1, 0.15) is 46.1 Å². The van der Waals surface area contributed by atoms with Crippen LogP contribution in [0.5, 0.6) is 0 Å². The highest BCUT2D eigenvalue weighted by atomic mass is 79.9. The second-order valence-corrected chi connectivity index (χ2v) is 7.73. The molecule has 0 bridgehead atoms. The quantitative estimate of drug-likeness (QED) is 0.816. The van der Waals surface area contributed by atoms with E-state index in [1.807, 2.05) is 0 Å². The standard InChI is InChI=1S/C17H27BrN2/c1-5-20(12-13-6-7-13)16-9-8-14(10-15(16)18)11-19-17(2,3)4/h8-10,13,19H,5-7,11-12H2,1-4H3. The summed E-state index contributed by atoms with van der Waals surface area (Å²) >= 11 is 3.75. The first-order valence-corrected chi connectivity index (χ1v) is 8.47. The van der Waals surface area contributed by atoms with Crippen molar-refractivity contribution in [3.05, 3.63) is 28.2 Å². The van der Waals surface area contributed by atoms with Crippen molar-refractivity contribution in [2.24, 2.45) is 5.92 Å². The van der Waals surface area contributed by atoms with Gasteiger partial charge in [-0.25, -0.2) is 0 Å². The van der Waals surface area contributed by atoms with Gasteiger partial charge in [-0.1, -0.05) is 6.07 Å². The van der Waals surface area contributed by atoms with Gasteiger partial charge in [0.25, 0.3) is 0 Å². The molecule has 0 aliphatic heterocycles. The zero-order chi connectivity index (χ0) is 14.8. The second-order valence-electron chi connectivity index (χ2n) is 6.87. The first-order valence-electron chi connectivity index (χ1n) is 7.67. The first kappa shape index (κ1) is 15.8. The van der Waals surface area contributed by atoms with Gasteiger partial charge in [0, 0.05) is 29.6 Å². The molecule has 20 heavy (non-hydrogen) atoms. The van der Waals surface area contributed by atoms with Crippen LogP contribution in [0.4, 0.5) is 5.69 Å². The Hall–Kier alpha value is -0.540. The molecule has 1 aliphatic carbocycles. The molecule has 0 spiro atoms. The highest BCUT2D eigenvalue weighted by molar-refractivity contribution is 9.10. The number of nitrogens with zero attached hydrogens (tertiary/aromatic N) is 1. The minimum absolute atomic E-state index is 0.159. The van der Waals surface area contributed by atoms with Crippen LogP contribution >= 0.6 is 15.9 Å². The van der Waals surface area contributed by atoms with Gasteiger partial charge in [0.15, 0.2) is 0 Å². The van der Waals surface area contributed by atoms with Crippen LogP contribution in [0.3, 0.4) is 0 Å². The monoisotopic (exact) mass is 338 g/mol. The van der Waals surface area contributed by atoms with E-state index in [-0.39, 0.29) is 5.54 Å². The van der Waals surface area contributed by atoms with E-state index >= 15 is 0 Å². The Morgan fingerprint density at radius 3 is 2.50 bits per heavy atom. The maximum Gasteiger partial charge on any atom is 0.0510 e. The minimum Gasteiger partial charge on any atom is -0.371 e. The SMILES string of the molecule is CCN(CC1CC1)c1ccc(CNC(C)(C)C)cc1Br. The van der Waals surface area contributed by atoms with Crippen molar-refractivity contribution in [1.29, 1.82) is 0 Å². The molecule has 1 saturated carbocycles. The van der Waals surface area contributed by atoms with Crippen LogP contribution in [0.2, 0.25) is 0 Å². The maximum atomic E-state index is 3.75. The minimum atomic E-state index is 0.159. The van der Waals surface area contributed by atoms with Crippen LogP contribution in [-0.4, -0.2) is 18.6 Å². The van der Waals surface area contributed by atoms with E-state index in [4.69, 9.17) is 0 Å². The number of hydrogen-bond acceptors (Lipinski definition) is 2. The average molecular weight is 339 g/mol. The topological polar surface area (TPSA) is 15.3 Å². The van der Waals surface area contributed by atoms with Crippen molar-refractivity contribution in [2.75, 3.05) is 18.0 Å². The zero-order valence-corrected chi connectivity index (χ0v) is 14.8. The molecule has 1 aliphatic rings. The Morgan fingerprint density at radius 1 is 1.30 bits per heavy atom. The Morgan fingerprint density at radius 2 is 2.00 bits per heavy atom. The fourth-order valence-corrected chi connectivity index (χ4v) is 2.97. The van der Waals surface area contributed by atoms with Gasteiger partial charge in [-0.05, 0) is 80.1 Å². The fraction of sp³-hybridized carbons (Fsp3) is 0.647. The van der Waals surface area contributed by atoms with Gasteiger partial charge in [0.05, 0.1) is 5.69 Å². The van der Waals surface area contributed by atoms with E-state index in [2.05, 4.69) is 72.0 Å². The molecule has 1 aromatic carbocycles. The number of halogens is 1. The van der Waals surface area contributed by atoms with Crippen LogP contribution in [0, 0.1) is 5.92 Å². The molecule has 0 amide bonds. The predicted molar refractivity (Wildman–Crippen MR) is 91.3 cm³/mol. The van der Waals surface area contributed by atoms with Crippen molar-refractivity contribution in [1.82, 2.24) is 5.32 Å². The smallest absolute Gasteiger partial charge is 0.0510 e. The normalized spacial score (nSPS) is 15.4. The molecule has 0 atom stereocenters. The first-order chi connectivity index (χ1) is 9.39. The lowest BCUT2D eigenvalue weighted by Gasteiger charge is -2.25. The summed E-state index contributed by atoms with van der Waals surface area (Å²) in [4.78, 5) is 2.49. The molecule has 2 rings (SSSR count). The van der Waals surface area contributed by atoms with E-state index in [0.29, 0.717) is 0 Å². The van der Waals surface area contributed by atoms with Crippen molar-refractivity contribution < 1.29 is 0 Å². The van der Waals surface area contributed by atoms with E-state index in [1.54, 1.807) is 0 Å². The fourth-order valence-electron chi connectivity index (χ4n) is 2.29. The lowest BCUT2D eigenvalue weighted by Crippen LogP contribution is -2.35. The maximum absolute atomic E-state index is 3.75. The van der Waals surface area contributed by atoms with Crippen molar-refractivity contribution in [2.45, 2.75) is 52.6 Å². The van der Waals surface area contributed by atoms with E-state index in [0.717, 1.165) is 19.0 Å². The number of hydrogen-bond donors (Lipinski definition) is 1. The van der Waals surface area contributed by atoms with Gasteiger partial charge in [-0.3, -0.25) is 0 Å². The average Bonchev–Trinajstić information content (AvgIpc) is 3.17. The summed E-state index contributed by atoms with van der Waals surface area (Å²) in [5, 5.41) is 3.54. The van der Waals surface area contributed by atoms with Crippen LogP contribution in [0.25, 0.3) is 0 Å². The summed E-state index contributed by atoms with van der Waals surface area (Å²) in [5.41, 5.74) is 2.82. The molecule has 1 aromatic rings. The number of benzene rings is 1. The van der Waals surface area contributed by atoms with Gasteiger partial charge >= 0.3 is 0 Å². The molecule has 0 radical (unpaired) electrons. The molecule has 112 valence electrons. The second kappa shape index (κ2) is 6.48. The van der Waals surface area contributed by atoms with E-state index in [1.165, 1.54) is 35.1 Å². The lowest BCUT2D eigenvalue weighted by atomic mass is 10.1. The molecule has 1 N–H and O–H groups in total. The largest absolute Gasteiger partial charge is 0.371 e. The third-order valence-corrected chi connectivity index (χ3v) is 4.37. The van der Waals surface area contributed by atoms with Gasteiger partial charge in [-0.2, -0.15) is 0 Å². The molecular formula is C17H27BrN2. The highest BCUT2D eigenvalue weighted by Gasteiger charge is 2.24. The third kappa shape index (κ3) is 4.78. The van der Waals surface area contributed by atoms with E-state index < -0.39 is 0 Å². The molecule has 0 saturated heterocycles. The molecule has 2 nitrogen and oxygen atoms in total. The molecule has 1 fully saturated rings. The summed E-state index contributed by atoms with van der Waals surface area (Å²) in [7, 11) is 0. The Balaban J connectivity index is 2.04. The van der Waals surface area contributed by atoms with Crippen molar-refractivity contribution in [3.63, 3.8) is 0 Å². The van der Waals surface area contributed by atoms with Gasteiger partial charge in [-0.15, -0.1) is 0 Å². The van der Waals surface area contributed by atoms with Crippen molar-refractivity contribution >= 4 is 21.6 Å². The number of anilines is 1. The summed E-state index contributed by atoms with van der Waals surface area (Å²) in [6.45, 7) is 12.0. The van der Waals surface area contributed by atoms with Crippen LogP contribution < -0.4 is 10.2 Å². The summed E-state index contributed by atoms with van der Waals surface area (Å²) < 4.78 is 1.22. The summed E-state index contributed by atoms with van der Waals surface area (Å²) in [6, 6.07) is 6.76.